The van der Waals surface area contributed by atoms with Crippen molar-refractivity contribution in [2.45, 2.75) is 37.2 Å². The van der Waals surface area contributed by atoms with E-state index in [4.69, 9.17) is 5.73 Å². The van der Waals surface area contributed by atoms with Crippen molar-refractivity contribution in [3.63, 3.8) is 0 Å². The number of azo groups is 1. The smallest absolute Gasteiger partial charge is 0.409 e. The zero-order valence-corrected chi connectivity index (χ0v) is 22.7. The molecular weight excluding hydrogens is 551 g/mol. The van der Waals surface area contributed by atoms with Gasteiger partial charge in [0.2, 0.25) is 5.91 Å². The maximum atomic E-state index is 13.9. The fourth-order valence-electron chi connectivity index (χ4n) is 6.48. The number of benzene rings is 1. The van der Waals surface area contributed by atoms with Crippen LogP contribution in [0.3, 0.4) is 0 Å². The zero-order valence-electron chi connectivity index (χ0n) is 22.7. The van der Waals surface area contributed by atoms with Gasteiger partial charge in [-0.2, -0.15) is 23.4 Å². The van der Waals surface area contributed by atoms with E-state index in [0.717, 1.165) is 0 Å². The number of ketones is 4. The lowest BCUT2D eigenvalue weighted by Gasteiger charge is -2.52. The van der Waals surface area contributed by atoms with Crippen molar-refractivity contribution in [2.75, 3.05) is 39.6 Å². The van der Waals surface area contributed by atoms with Crippen LogP contribution in [-0.4, -0.2) is 96.7 Å². The highest BCUT2D eigenvalue weighted by molar-refractivity contribution is 6.32. The number of fused-ring (bicyclic) bond motifs is 3. The normalized spacial score (nSPS) is 29.9. The molecule has 0 bridgehead atoms. The van der Waals surface area contributed by atoms with Crippen LogP contribution in [0, 0.1) is 23.7 Å². The van der Waals surface area contributed by atoms with Crippen LogP contribution >= 0.6 is 0 Å². The van der Waals surface area contributed by atoms with Crippen molar-refractivity contribution < 1.29 is 47.4 Å². The van der Waals surface area contributed by atoms with E-state index in [9.17, 15) is 47.4 Å². The largest absolute Gasteiger partial charge is 0.507 e. The second kappa shape index (κ2) is 10.3. The van der Waals surface area contributed by atoms with Crippen molar-refractivity contribution in [3.8, 4) is 5.75 Å². The number of aliphatic hydroxyl groups is 1. The number of phenols is 1. The molecule has 3 aliphatic carbocycles. The summed E-state index contributed by atoms with van der Waals surface area (Å²) in [6.07, 6.45) is -4.64. The van der Waals surface area contributed by atoms with E-state index >= 15 is 0 Å². The standard InChI is InChI=1S/C26H30F3N5O7/c1-33(2)14-7-11(8-31-32-9-25(27,28)29)19(35)16-12(14)5-10-6-13-18(34(3)4)21(37)17(24(30)40)23(39)26(13,41)22(38)15(10)20(16)36/h7,10,13,15,17-18,35,41H,5-6,8-9H2,1-4H3,(H2,30,40)/t10-,13-,15?,17?,18-,26-/m0/s1. The minimum absolute atomic E-state index is 0.0224. The number of nitrogens with two attached hydrogens (primary N) is 1. The van der Waals surface area contributed by atoms with Crippen molar-refractivity contribution in [1.82, 2.24) is 4.90 Å². The molecule has 3 aliphatic rings. The summed E-state index contributed by atoms with van der Waals surface area (Å²) in [5.41, 5.74) is 2.95. The van der Waals surface area contributed by atoms with Gasteiger partial charge < -0.3 is 20.8 Å². The highest BCUT2D eigenvalue weighted by Gasteiger charge is 2.69. The highest BCUT2D eigenvalue weighted by Crippen LogP contribution is 2.52. The maximum absolute atomic E-state index is 13.9. The lowest BCUT2D eigenvalue weighted by Crippen LogP contribution is -2.74. The quantitative estimate of drug-likeness (QED) is 0.317. The zero-order chi connectivity index (χ0) is 30.8. The van der Waals surface area contributed by atoms with Crippen LogP contribution in [0.5, 0.6) is 5.75 Å². The second-order valence-electron chi connectivity index (χ2n) is 11.2. The summed E-state index contributed by atoms with van der Waals surface area (Å²) in [6.45, 7) is -2.03. The first-order valence-corrected chi connectivity index (χ1v) is 12.7. The summed E-state index contributed by atoms with van der Waals surface area (Å²) < 4.78 is 37.4. The monoisotopic (exact) mass is 581 g/mol. The number of anilines is 1. The Bertz CT molecular complexity index is 1380. The predicted octanol–water partition coefficient (Wildman–Crippen LogP) is 0.448. The van der Waals surface area contributed by atoms with Gasteiger partial charge in [0.25, 0.3) is 0 Å². The van der Waals surface area contributed by atoms with Gasteiger partial charge in [-0.25, -0.2) is 0 Å². The van der Waals surface area contributed by atoms with Crippen LogP contribution in [0.25, 0.3) is 0 Å². The number of carbonyl (C=O) groups is 5. The number of primary amides is 1. The summed E-state index contributed by atoms with van der Waals surface area (Å²) in [4.78, 5) is 69.4. The summed E-state index contributed by atoms with van der Waals surface area (Å²) >= 11 is 0. The average Bonchev–Trinajstić information content (AvgIpc) is 2.83. The Morgan fingerprint density at radius 1 is 1.12 bits per heavy atom. The number of amides is 1. The van der Waals surface area contributed by atoms with E-state index in [1.807, 2.05) is 0 Å². The summed E-state index contributed by atoms with van der Waals surface area (Å²) in [6, 6.07) is 0.242. The number of Topliss-reactive ketones (excluding diaryl/α,β-unsaturated/α-hetero) is 4. The molecule has 15 heteroatoms. The van der Waals surface area contributed by atoms with Gasteiger partial charge in [0.05, 0.1) is 24.1 Å². The summed E-state index contributed by atoms with van der Waals surface area (Å²) in [7, 11) is 6.27. The number of nitrogens with zero attached hydrogens (tertiary/aromatic N) is 4. The number of alkyl halides is 3. The van der Waals surface area contributed by atoms with E-state index < -0.39 is 89.4 Å². The van der Waals surface area contributed by atoms with Crippen molar-refractivity contribution in [2.24, 2.45) is 39.6 Å². The highest BCUT2D eigenvalue weighted by atomic mass is 19.4. The number of aromatic hydroxyl groups is 1. The van der Waals surface area contributed by atoms with Gasteiger partial charge in [-0.3, -0.25) is 28.9 Å². The van der Waals surface area contributed by atoms with E-state index in [0.29, 0.717) is 11.3 Å². The van der Waals surface area contributed by atoms with Gasteiger partial charge in [-0.1, -0.05) is 0 Å². The van der Waals surface area contributed by atoms with Crippen LogP contribution in [0.15, 0.2) is 16.3 Å². The van der Waals surface area contributed by atoms with E-state index in [2.05, 4.69) is 10.2 Å². The van der Waals surface area contributed by atoms with E-state index in [-0.39, 0.29) is 24.0 Å². The van der Waals surface area contributed by atoms with Crippen LogP contribution in [0.1, 0.15) is 27.9 Å². The molecule has 0 spiro atoms. The number of likely N-dealkylation sites (N-methyl/N-ethyl adjacent to an activating group) is 1. The summed E-state index contributed by atoms with van der Waals surface area (Å²) in [5.74, 6) is -11.9. The summed E-state index contributed by atoms with van der Waals surface area (Å²) in [5, 5.41) is 29.2. The fourth-order valence-corrected chi connectivity index (χ4v) is 6.48. The van der Waals surface area contributed by atoms with E-state index in [1.54, 1.807) is 19.0 Å². The topological polar surface area (TPSA) is 183 Å². The lowest BCUT2D eigenvalue weighted by molar-refractivity contribution is -0.181. The van der Waals surface area contributed by atoms with E-state index in [1.165, 1.54) is 25.1 Å². The Morgan fingerprint density at radius 3 is 2.29 bits per heavy atom. The third-order valence-electron chi connectivity index (χ3n) is 8.19. The maximum Gasteiger partial charge on any atom is 0.409 e. The minimum Gasteiger partial charge on any atom is -0.507 e. The molecule has 6 atom stereocenters. The SMILES string of the molecule is CN(C)c1cc(CN=NCC(F)(F)F)c(O)c2c1C[C@H]1C[C@H]3[C@H](N(C)C)C(=O)C(C(N)=O)C(=O)[C@@]3(O)C(=O)C1C2=O. The van der Waals surface area contributed by atoms with Crippen molar-refractivity contribution >= 4 is 34.7 Å². The van der Waals surface area contributed by atoms with Gasteiger partial charge in [-0.15, -0.1) is 0 Å². The van der Waals surface area contributed by atoms with Crippen LogP contribution < -0.4 is 10.6 Å². The number of hydrogen-bond donors (Lipinski definition) is 3. The number of hydrogen-bond acceptors (Lipinski definition) is 11. The molecular formula is C26H30F3N5O7. The second-order valence-corrected chi connectivity index (χ2v) is 11.2. The third-order valence-corrected chi connectivity index (χ3v) is 8.19. The van der Waals surface area contributed by atoms with Gasteiger partial charge in [0.1, 0.15) is 5.75 Å². The molecule has 12 nitrogen and oxygen atoms in total. The van der Waals surface area contributed by atoms with Gasteiger partial charge in [-0.05, 0) is 44.5 Å². The number of halogens is 3. The molecule has 2 fully saturated rings. The fraction of sp³-hybridized carbons (Fsp3) is 0.577. The Hall–Kier alpha value is -3.72. The molecule has 0 aliphatic heterocycles. The molecule has 1 aromatic carbocycles. The molecule has 2 unspecified atom stereocenters. The van der Waals surface area contributed by atoms with Crippen LogP contribution in [0.4, 0.5) is 18.9 Å². The first kappa shape index (κ1) is 30.2. The molecule has 0 radical (unpaired) electrons. The molecule has 41 heavy (non-hydrogen) atoms. The number of carbonyl (C=O) groups excluding carboxylic acids is 5. The lowest BCUT2D eigenvalue weighted by atomic mass is 9.52. The van der Waals surface area contributed by atoms with Crippen molar-refractivity contribution in [3.05, 3.63) is 22.8 Å². The minimum atomic E-state index is -4.58. The van der Waals surface area contributed by atoms with Gasteiger partial charge in [0.15, 0.2) is 41.2 Å². The molecule has 0 aromatic heterocycles. The molecule has 4 N–H and O–H groups in total. The Balaban J connectivity index is 1.82. The average molecular weight is 582 g/mol. The molecule has 4 rings (SSSR count). The Morgan fingerprint density at radius 2 is 1.76 bits per heavy atom. The van der Waals surface area contributed by atoms with Crippen molar-refractivity contribution in [1.29, 1.82) is 0 Å². The van der Waals surface area contributed by atoms with Gasteiger partial charge in [0, 0.05) is 31.3 Å². The van der Waals surface area contributed by atoms with Crippen LogP contribution in [0.2, 0.25) is 0 Å². The predicted molar refractivity (Wildman–Crippen MR) is 135 cm³/mol. The Labute approximate surface area is 232 Å². The Kier molecular flexibility index (Phi) is 7.58. The van der Waals surface area contributed by atoms with Crippen LogP contribution in [-0.2, 0) is 32.1 Å². The number of rotatable bonds is 6. The first-order chi connectivity index (χ1) is 18.9. The molecule has 0 saturated heterocycles. The number of phenolic OH excluding ortho intramolecular Hbond substituents is 1. The molecule has 222 valence electrons. The van der Waals surface area contributed by atoms with Gasteiger partial charge >= 0.3 is 6.18 Å². The first-order valence-electron chi connectivity index (χ1n) is 12.7. The molecule has 1 amide bonds. The third kappa shape index (κ3) is 4.80. The molecule has 1 aromatic rings. The molecule has 2 saturated carbocycles. The molecule has 0 heterocycles.